The third-order valence-corrected chi connectivity index (χ3v) is 9.84. The van der Waals surface area contributed by atoms with Gasteiger partial charge in [0, 0.05) is 12.8 Å². The second kappa shape index (κ2) is 6.99. The summed E-state index contributed by atoms with van der Waals surface area (Å²) in [4.78, 5) is 23.2. The predicted molar refractivity (Wildman–Crippen MR) is 108 cm³/mol. The normalized spacial score (nSPS) is 51.0. The monoisotopic (exact) mass is 412 g/mol. The molecule has 0 aromatic rings. The molecule has 5 aliphatic rings. The van der Waals surface area contributed by atoms with Crippen molar-refractivity contribution >= 4 is 63.1 Å². The van der Waals surface area contributed by atoms with E-state index >= 15 is 0 Å². The van der Waals surface area contributed by atoms with Crippen LogP contribution in [0.5, 0.6) is 0 Å². The van der Waals surface area contributed by atoms with Crippen molar-refractivity contribution in [2.24, 2.45) is 40.4 Å². The van der Waals surface area contributed by atoms with Crippen molar-refractivity contribution in [3.63, 3.8) is 0 Å². The first-order chi connectivity index (χ1) is 12.7. The average molecular weight is 413 g/mol. The van der Waals surface area contributed by atoms with E-state index in [1.165, 1.54) is 5.57 Å². The number of hydrogen-bond acceptors (Lipinski definition) is 3. The van der Waals surface area contributed by atoms with Crippen LogP contribution < -0.4 is 0 Å². The molecule has 0 saturated heterocycles. The van der Waals surface area contributed by atoms with Crippen molar-refractivity contribution in [1.82, 2.24) is 0 Å². The Bertz CT molecular complexity index is 747. The van der Waals surface area contributed by atoms with E-state index in [9.17, 15) is 19.8 Å². The molecule has 0 bridgehead atoms. The molecule has 2 N–H and O–H groups in total. The van der Waals surface area contributed by atoms with Gasteiger partial charge in [-0.2, -0.15) is 0 Å². The van der Waals surface area contributed by atoms with Gasteiger partial charge in [0.1, 0.15) is 0 Å². The SMILES string of the molecule is C[C@]12CCC(=O)C=C1CC[C@H]1[C@@H]3[C@@H]4C[C@@H]4[C@@](O)(CCC(=O)O)[C@@]3(C)CC[C@@H]12.[KH]. The number of ketones is 1. The van der Waals surface area contributed by atoms with E-state index in [-0.39, 0.29) is 68.6 Å². The molecule has 0 aromatic carbocycles. The molecule has 0 aromatic heterocycles. The first-order valence-electron chi connectivity index (χ1n) is 10.9. The van der Waals surface area contributed by atoms with Crippen LogP contribution in [0.15, 0.2) is 11.6 Å². The van der Waals surface area contributed by atoms with Crippen LogP contribution in [-0.2, 0) is 9.59 Å². The summed E-state index contributed by atoms with van der Waals surface area (Å²) in [5.74, 6) is 2.15. The summed E-state index contributed by atoms with van der Waals surface area (Å²) in [6, 6.07) is 0. The molecule has 5 heteroatoms. The fourth-order valence-electron chi connectivity index (χ4n) is 8.46. The van der Waals surface area contributed by atoms with Crippen LogP contribution in [-0.4, -0.2) is 79.0 Å². The first-order valence-corrected chi connectivity index (χ1v) is 10.9. The molecule has 0 spiro atoms. The van der Waals surface area contributed by atoms with Crippen molar-refractivity contribution < 1.29 is 19.8 Å². The Morgan fingerprint density at radius 2 is 1.89 bits per heavy atom. The van der Waals surface area contributed by atoms with Gasteiger partial charge in [-0.25, -0.2) is 0 Å². The van der Waals surface area contributed by atoms with Gasteiger partial charge in [0.25, 0.3) is 0 Å². The molecule has 0 unspecified atom stereocenters. The Labute approximate surface area is 210 Å². The predicted octanol–water partition coefficient (Wildman–Crippen LogP) is 3.32. The minimum absolute atomic E-state index is 0. The molecule has 4 saturated carbocycles. The molecular formula is C23H33KO4. The van der Waals surface area contributed by atoms with Crippen LogP contribution in [0.4, 0.5) is 0 Å². The molecular weight excluding hydrogens is 379 g/mol. The fourth-order valence-corrected chi connectivity index (χ4v) is 8.46. The van der Waals surface area contributed by atoms with Crippen molar-refractivity contribution in [1.29, 1.82) is 0 Å². The second-order valence-electron chi connectivity index (χ2n) is 10.7. The topological polar surface area (TPSA) is 74.6 Å². The Balaban J connectivity index is 0.00000192. The summed E-state index contributed by atoms with van der Waals surface area (Å²) < 4.78 is 0. The molecule has 0 heterocycles. The standard InChI is InChI=1S/C23H32O4.K.H/c1-21-8-5-14(24)11-13(21)3-4-15-17(21)6-9-22(2)20(15)16-12-18(16)23(22,27)10-7-19(25)26;;/h11,15-18,20,27H,3-10,12H2,1-2H3,(H,25,26);;/t15-,16-,17+,18+,20-,21+,22+,23+;;/m1../s1. The molecule has 5 aliphatic carbocycles. The molecule has 5 rings (SSSR count). The molecule has 0 aliphatic heterocycles. The van der Waals surface area contributed by atoms with E-state index < -0.39 is 11.6 Å². The zero-order valence-electron chi connectivity index (χ0n) is 16.5. The van der Waals surface area contributed by atoms with E-state index in [1.807, 2.05) is 6.08 Å². The fraction of sp³-hybridized carbons (Fsp3) is 0.826. The van der Waals surface area contributed by atoms with E-state index in [0.717, 1.165) is 38.5 Å². The molecule has 4 fully saturated rings. The molecule has 8 atom stereocenters. The van der Waals surface area contributed by atoms with Crippen molar-refractivity contribution in [2.45, 2.75) is 77.2 Å². The third kappa shape index (κ3) is 2.79. The summed E-state index contributed by atoms with van der Waals surface area (Å²) in [6.07, 6.45) is 9.45. The van der Waals surface area contributed by atoms with E-state index in [2.05, 4.69) is 13.8 Å². The van der Waals surface area contributed by atoms with E-state index in [1.54, 1.807) is 0 Å². The van der Waals surface area contributed by atoms with Gasteiger partial charge < -0.3 is 10.2 Å². The van der Waals surface area contributed by atoms with Crippen LogP contribution in [0.2, 0.25) is 0 Å². The Morgan fingerprint density at radius 3 is 2.61 bits per heavy atom. The number of rotatable bonds is 3. The number of carbonyl (C=O) groups is 2. The van der Waals surface area contributed by atoms with Crippen LogP contribution >= 0.6 is 0 Å². The zero-order valence-corrected chi connectivity index (χ0v) is 16.5. The molecule has 0 amide bonds. The quantitative estimate of drug-likeness (QED) is 0.698. The number of fused-ring (bicyclic) bond motifs is 7. The second-order valence-corrected chi connectivity index (χ2v) is 10.7. The van der Waals surface area contributed by atoms with Gasteiger partial charge in [-0.1, -0.05) is 19.4 Å². The van der Waals surface area contributed by atoms with E-state index in [0.29, 0.717) is 48.2 Å². The van der Waals surface area contributed by atoms with Crippen molar-refractivity contribution in [3.05, 3.63) is 11.6 Å². The number of aliphatic hydroxyl groups is 1. The average Bonchev–Trinajstić information content (AvgIpc) is 3.37. The van der Waals surface area contributed by atoms with Crippen molar-refractivity contribution in [2.75, 3.05) is 0 Å². The summed E-state index contributed by atoms with van der Waals surface area (Å²) >= 11 is 0. The van der Waals surface area contributed by atoms with Gasteiger partial charge in [0.2, 0.25) is 0 Å². The summed E-state index contributed by atoms with van der Waals surface area (Å²) in [5.41, 5.74) is 0.601. The van der Waals surface area contributed by atoms with Gasteiger partial charge in [-0.15, -0.1) is 0 Å². The molecule has 0 radical (unpaired) electrons. The van der Waals surface area contributed by atoms with Crippen LogP contribution in [0, 0.1) is 40.4 Å². The summed E-state index contributed by atoms with van der Waals surface area (Å²) in [5, 5.41) is 20.9. The van der Waals surface area contributed by atoms with Gasteiger partial charge in [0.05, 0.1) is 5.60 Å². The number of allylic oxidation sites excluding steroid dienone is 1. The van der Waals surface area contributed by atoms with Gasteiger partial charge in [0.15, 0.2) is 5.78 Å². The van der Waals surface area contributed by atoms with E-state index in [4.69, 9.17) is 0 Å². The Kier molecular flexibility index (Phi) is 5.42. The summed E-state index contributed by atoms with van der Waals surface area (Å²) in [6.45, 7) is 4.65. The molecule has 4 nitrogen and oxygen atoms in total. The van der Waals surface area contributed by atoms with Crippen LogP contribution in [0.25, 0.3) is 0 Å². The van der Waals surface area contributed by atoms with Gasteiger partial charge in [-0.3, -0.25) is 9.59 Å². The zero-order chi connectivity index (χ0) is 19.2. The number of hydrogen-bond donors (Lipinski definition) is 2. The van der Waals surface area contributed by atoms with Gasteiger partial charge in [-0.05, 0) is 91.4 Å². The maximum atomic E-state index is 12.0. The molecule has 150 valence electrons. The number of carboxylic acids is 1. The number of aliphatic carboxylic acids is 1. The molecule has 28 heavy (non-hydrogen) atoms. The summed E-state index contributed by atoms with van der Waals surface area (Å²) in [7, 11) is 0. The van der Waals surface area contributed by atoms with Crippen LogP contribution in [0.1, 0.15) is 71.6 Å². The maximum absolute atomic E-state index is 12.0. The third-order valence-electron chi connectivity index (χ3n) is 9.84. The van der Waals surface area contributed by atoms with Gasteiger partial charge >= 0.3 is 57.4 Å². The van der Waals surface area contributed by atoms with Crippen molar-refractivity contribution in [3.8, 4) is 0 Å². The Hall–Kier alpha value is 0.476. The number of carbonyl (C=O) groups excluding carboxylic acids is 1. The first kappa shape index (κ1) is 21.7. The number of carboxylic acid groups (broad SMARTS) is 1. The minimum atomic E-state index is -0.800. The Morgan fingerprint density at radius 1 is 1.14 bits per heavy atom. The van der Waals surface area contributed by atoms with Crippen LogP contribution in [0.3, 0.4) is 0 Å².